The summed E-state index contributed by atoms with van der Waals surface area (Å²) in [6, 6.07) is 6.15. The van der Waals surface area contributed by atoms with Crippen molar-refractivity contribution in [1.82, 2.24) is 0 Å². The largest absolute Gasteiger partial charge is 0.722 e. The Morgan fingerprint density at radius 2 is 1.93 bits per heavy atom. The van der Waals surface area contributed by atoms with Crippen LogP contribution in [0.25, 0.3) is 0 Å². The second-order valence-electron chi connectivity index (χ2n) is 2.53. The summed E-state index contributed by atoms with van der Waals surface area (Å²) < 4.78 is 0. The van der Waals surface area contributed by atoms with Crippen LogP contribution in [0.1, 0.15) is 5.56 Å². The monoisotopic (exact) mass is 194 g/mol. The van der Waals surface area contributed by atoms with Crippen molar-refractivity contribution in [2.24, 2.45) is 16.6 Å². The summed E-state index contributed by atoms with van der Waals surface area (Å²) in [5, 5.41) is 23.1. The highest BCUT2D eigenvalue weighted by Gasteiger charge is 1.90. The molecular weight excluding hydrogens is 184 g/mol. The summed E-state index contributed by atoms with van der Waals surface area (Å²) >= 11 is 0. The van der Waals surface area contributed by atoms with Gasteiger partial charge in [-0.25, -0.2) is 0 Å². The van der Waals surface area contributed by atoms with Crippen molar-refractivity contribution in [3.8, 4) is 5.75 Å². The van der Waals surface area contributed by atoms with E-state index in [4.69, 9.17) is 16.6 Å². The van der Waals surface area contributed by atoms with E-state index in [2.05, 4.69) is 5.10 Å². The van der Waals surface area contributed by atoms with Gasteiger partial charge in [0.1, 0.15) is 5.75 Å². The molecule has 0 radical (unpaired) electrons. The van der Waals surface area contributed by atoms with E-state index < -0.39 is 5.96 Å². The molecule has 0 aromatic heterocycles. The average Bonchev–Trinajstić information content (AvgIpc) is 2.16. The minimum atomic E-state index is -0.431. The van der Waals surface area contributed by atoms with Crippen LogP contribution in [0.2, 0.25) is 0 Å². The van der Waals surface area contributed by atoms with Crippen LogP contribution in [0.4, 0.5) is 0 Å². The molecule has 1 rings (SSSR count). The Kier molecular flexibility index (Phi) is 2.90. The van der Waals surface area contributed by atoms with E-state index in [1.165, 1.54) is 18.3 Å². The van der Waals surface area contributed by atoms with Gasteiger partial charge in [-0.1, -0.05) is 0 Å². The third-order valence-corrected chi connectivity index (χ3v) is 1.43. The quantitative estimate of drug-likeness (QED) is 0.194. The molecule has 0 spiro atoms. The van der Waals surface area contributed by atoms with Gasteiger partial charge in [-0.3, -0.25) is 11.5 Å². The van der Waals surface area contributed by atoms with E-state index in [1.54, 1.807) is 12.1 Å². The van der Waals surface area contributed by atoms with Gasteiger partial charge in [-0.15, -0.1) is 9.95 Å². The zero-order valence-electron chi connectivity index (χ0n) is 7.29. The Morgan fingerprint density at radius 1 is 1.36 bits per heavy atom. The number of nitrogens with zero attached hydrogens (tertiary/aromatic N) is 2. The first kappa shape index (κ1) is 9.85. The molecule has 0 aliphatic carbocycles. The molecule has 5 N–H and O–H groups in total. The summed E-state index contributed by atoms with van der Waals surface area (Å²) in [5.74, 6) is -0.286. The van der Waals surface area contributed by atoms with Crippen LogP contribution in [0.5, 0.6) is 5.75 Å². The molecule has 0 fully saturated rings. The van der Waals surface area contributed by atoms with Crippen molar-refractivity contribution in [2.45, 2.75) is 0 Å². The fourth-order valence-electron chi connectivity index (χ4n) is 0.746. The summed E-state index contributed by atoms with van der Waals surface area (Å²) in [7, 11) is 0. The van der Waals surface area contributed by atoms with Crippen LogP contribution in [0.3, 0.4) is 0 Å². The zero-order valence-corrected chi connectivity index (χ0v) is 7.29. The minimum Gasteiger partial charge on any atom is -0.722 e. The molecule has 0 amide bonds. The van der Waals surface area contributed by atoms with E-state index in [-0.39, 0.29) is 10.6 Å². The van der Waals surface area contributed by atoms with Gasteiger partial charge in [0.2, 0.25) is 0 Å². The molecule has 74 valence electrons. The van der Waals surface area contributed by atoms with Gasteiger partial charge in [0.05, 0.1) is 6.21 Å². The fraction of sp³-hybridized carbons (Fsp3) is 0. The van der Waals surface area contributed by atoms with E-state index >= 15 is 0 Å². The molecular formula is C8H10N4O2. The number of phenols is 1. The maximum Gasteiger partial charge on any atom is 0.366 e. The van der Waals surface area contributed by atoms with Gasteiger partial charge in [0.15, 0.2) is 0 Å². The number of benzene rings is 1. The molecule has 1 aromatic carbocycles. The Morgan fingerprint density at radius 3 is 2.43 bits per heavy atom. The Labute approximate surface area is 80.4 Å². The van der Waals surface area contributed by atoms with E-state index in [0.717, 1.165) is 0 Å². The average molecular weight is 194 g/mol. The second kappa shape index (κ2) is 4.13. The highest BCUT2D eigenvalue weighted by molar-refractivity contribution is 5.79. The number of nitrogens with two attached hydrogens (primary N) is 2. The van der Waals surface area contributed by atoms with Gasteiger partial charge in [0, 0.05) is 0 Å². The number of hydrazone groups is 1. The number of guanidine groups is 1. The molecule has 0 aliphatic heterocycles. The molecule has 6 nitrogen and oxygen atoms in total. The summed E-state index contributed by atoms with van der Waals surface area (Å²) in [4.78, 5) is 0.104. The molecule has 0 saturated heterocycles. The zero-order chi connectivity index (χ0) is 10.6. The predicted molar refractivity (Wildman–Crippen MR) is 52.7 cm³/mol. The van der Waals surface area contributed by atoms with Crippen LogP contribution in [-0.4, -0.2) is 22.1 Å². The van der Waals surface area contributed by atoms with Gasteiger partial charge in [-0.2, -0.15) is 0 Å². The number of phenolic OH excluding ortho intramolecular Hbond substituents is 1. The second-order valence-corrected chi connectivity index (χ2v) is 2.53. The molecule has 0 aliphatic rings. The summed E-state index contributed by atoms with van der Waals surface area (Å²) in [5.41, 5.74) is 10.6. The molecule has 0 heterocycles. The summed E-state index contributed by atoms with van der Waals surface area (Å²) in [6.45, 7) is 0. The Balaban J connectivity index is 2.79. The van der Waals surface area contributed by atoms with Gasteiger partial charge in [0.25, 0.3) is 0 Å². The van der Waals surface area contributed by atoms with Crippen molar-refractivity contribution in [2.75, 3.05) is 0 Å². The van der Waals surface area contributed by atoms with Crippen LogP contribution >= 0.6 is 0 Å². The Hall–Kier alpha value is -2.24. The minimum absolute atomic E-state index is 0.104. The van der Waals surface area contributed by atoms with Gasteiger partial charge >= 0.3 is 5.96 Å². The number of aromatic hydroxyl groups is 1. The van der Waals surface area contributed by atoms with Crippen LogP contribution < -0.4 is 11.5 Å². The van der Waals surface area contributed by atoms with E-state index in [9.17, 15) is 5.21 Å². The number of rotatable bonds is 2. The standard InChI is InChI=1S/C8H10N4O2/c9-8(10)12(14)11-5-6-1-3-7(13)4-2-6/h1-5,13H,9-10H2. The van der Waals surface area contributed by atoms with E-state index in [0.29, 0.717) is 5.56 Å². The maximum absolute atomic E-state index is 10.8. The van der Waals surface area contributed by atoms with E-state index in [1.807, 2.05) is 0 Å². The van der Waals surface area contributed by atoms with Crippen molar-refractivity contribution >= 4 is 12.2 Å². The summed E-state index contributed by atoms with van der Waals surface area (Å²) in [6.07, 6.45) is 1.28. The topological polar surface area (TPSA) is 111 Å². The Bertz CT molecular complexity index is 365. The van der Waals surface area contributed by atoms with Crippen molar-refractivity contribution < 1.29 is 9.95 Å². The smallest absolute Gasteiger partial charge is 0.366 e. The predicted octanol–water partition coefficient (Wildman–Crippen LogP) is -0.490. The van der Waals surface area contributed by atoms with Crippen LogP contribution in [0, 0.1) is 5.21 Å². The van der Waals surface area contributed by atoms with Crippen LogP contribution in [0.15, 0.2) is 29.4 Å². The van der Waals surface area contributed by atoms with Gasteiger partial charge in [-0.05, 0) is 29.8 Å². The highest BCUT2D eigenvalue weighted by atomic mass is 16.5. The molecule has 14 heavy (non-hydrogen) atoms. The van der Waals surface area contributed by atoms with Crippen molar-refractivity contribution in [1.29, 1.82) is 0 Å². The molecule has 0 atom stereocenters. The molecule has 0 bridgehead atoms. The van der Waals surface area contributed by atoms with Gasteiger partial charge < -0.3 is 10.3 Å². The molecule has 0 saturated carbocycles. The molecule has 6 heteroatoms. The normalized spacial score (nSPS) is 10.3. The van der Waals surface area contributed by atoms with Crippen molar-refractivity contribution in [3.05, 3.63) is 35.0 Å². The lowest BCUT2D eigenvalue weighted by Crippen LogP contribution is -2.30. The molecule has 0 unspecified atom stereocenters. The fourth-order valence-corrected chi connectivity index (χ4v) is 0.746. The maximum atomic E-state index is 10.8. The van der Waals surface area contributed by atoms with Crippen molar-refractivity contribution in [3.63, 3.8) is 0 Å². The number of hydrogen-bond donors (Lipinski definition) is 3. The third kappa shape index (κ3) is 2.67. The third-order valence-electron chi connectivity index (χ3n) is 1.43. The lowest BCUT2D eigenvalue weighted by atomic mass is 10.2. The molecule has 1 aromatic rings. The first-order valence-electron chi connectivity index (χ1n) is 3.78. The number of hydrogen-bond acceptors (Lipinski definition) is 3. The first-order valence-corrected chi connectivity index (χ1v) is 3.78. The lowest BCUT2D eigenvalue weighted by Gasteiger charge is -2.02. The lowest BCUT2D eigenvalue weighted by molar-refractivity contribution is -0.463. The SMILES string of the molecule is NC(N)=[N+]([O-])N=Cc1ccc(O)cc1. The van der Waals surface area contributed by atoms with Crippen LogP contribution in [-0.2, 0) is 0 Å². The highest BCUT2D eigenvalue weighted by Crippen LogP contribution is 2.07. The first-order chi connectivity index (χ1) is 6.59.